The monoisotopic (exact) mass is 500 g/mol. The third kappa shape index (κ3) is 4.28. The second kappa shape index (κ2) is 9.84. The Labute approximate surface area is 226 Å². The summed E-state index contributed by atoms with van der Waals surface area (Å²) in [5.74, 6) is 1.94. The largest absolute Gasteiger partial charge is 0.315 e. The summed E-state index contributed by atoms with van der Waals surface area (Å²) in [7, 11) is 0. The van der Waals surface area contributed by atoms with Crippen LogP contribution in [0.5, 0.6) is 0 Å². The highest BCUT2D eigenvalue weighted by atomic mass is 15.0. The molecule has 7 rings (SSSR count). The molecule has 0 spiro atoms. The summed E-state index contributed by atoms with van der Waals surface area (Å²) in [6.07, 6.45) is 2.22. The normalized spacial score (nSPS) is 11.1. The predicted molar refractivity (Wildman–Crippen MR) is 158 cm³/mol. The lowest BCUT2D eigenvalue weighted by molar-refractivity contribution is 1.06. The minimum Gasteiger partial charge on any atom is -0.315 e. The predicted octanol–water partition coefficient (Wildman–Crippen LogP) is 8.48. The van der Waals surface area contributed by atoms with Crippen molar-refractivity contribution in [3.8, 4) is 51.0 Å². The molecule has 39 heavy (non-hydrogen) atoms. The maximum Gasteiger partial charge on any atom is 0.166 e. The van der Waals surface area contributed by atoms with Gasteiger partial charge in [0, 0.05) is 33.8 Å². The average molecular weight is 501 g/mol. The number of hydrogen-bond donors (Lipinski definition) is 0. The van der Waals surface area contributed by atoms with Crippen LogP contribution >= 0.6 is 0 Å². The van der Waals surface area contributed by atoms with Gasteiger partial charge in [-0.3, -0.25) is 0 Å². The molecular formula is C35H24N4. The molecule has 4 nitrogen and oxygen atoms in total. The van der Waals surface area contributed by atoms with Crippen LogP contribution in [-0.4, -0.2) is 19.5 Å². The third-order valence-electron chi connectivity index (χ3n) is 6.90. The molecule has 0 aliphatic heterocycles. The van der Waals surface area contributed by atoms with Crippen molar-refractivity contribution in [1.82, 2.24) is 19.5 Å². The molecule has 5 aromatic carbocycles. The molecule has 0 N–H and O–H groups in total. The van der Waals surface area contributed by atoms with Crippen molar-refractivity contribution in [3.05, 3.63) is 146 Å². The van der Waals surface area contributed by atoms with E-state index in [-0.39, 0.29) is 0 Å². The molecule has 0 saturated heterocycles. The van der Waals surface area contributed by atoms with E-state index in [2.05, 4.69) is 77.5 Å². The first-order valence-corrected chi connectivity index (χ1v) is 13.0. The molecule has 0 radical (unpaired) electrons. The summed E-state index contributed by atoms with van der Waals surface area (Å²) in [6.45, 7) is 0. The van der Waals surface area contributed by atoms with Gasteiger partial charge >= 0.3 is 0 Å². The van der Waals surface area contributed by atoms with Crippen LogP contribution in [0.15, 0.2) is 146 Å². The summed E-state index contributed by atoms with van der Waals surface area (Å²) in [5, 5.41) is 1.20. The third-order valence-corrected chi connectivity index (χ3v) is 6.90. The van der Waals surface area contributed by atoms with E-state index >= 15 is 0 Å². The molecule has 0 amide bonds. The Hall–Kier alpha value is -5.35. The van der Waals surface area contributed by atoms with Gasteiger partial charge in [0.2, 0.25) is 0 Å². The van der Waals surface area contributed by atoms with Crippen molar-refractivity contribution in [2.45, 2.75) is 0 Å². The van der Waals surface area contributed by atoms with Gasteiger partial charge in [0.1, 0.15) is 0 Å². The smallest absolute Gasteiger partial charge is 0.166 e. The van der Waals surface area contributed by atoms with Crippen LogP contribution in [0.4, 0.5) is 0 Å². The maximum absolute atomic E-state index is 5.00. The summed E-state index contributed by atoms with van der Waals surface area (Å²) in [5.41, 5.74) is 7.36. The van der Waals surface area contributed by atoms with Crippen molar-refractivity contribution in [1.29, 1.82) is 0 Å². The Morgan fingerprint density at radius 1 is 0.385 bits per heavy atom. The molecule has 2 aromatic heterocycles. The second-order valence-electron chi connectivity index (χ2n) is 9.35. The SMILES string of the molecule is c1ccc(-c2nc(-c3ccccc3)nc(-c3ccccc3-n3cc(-c4ccccc4)c4ccccc43)n2)cc1. The van der Waals surface area contributed by atoms with Crippen LogP contribution in [0.2, 0.25) is 0 Å². The van der Waals surface area contributed by atoms with Gasteiger partial charge in [-0.1, -0.05) is 121 Å². The standard InChI is InChI=1S/C35H24N4/c1-4-14-25(15-5-1)30-24-39(31-22-12-10-20-28(30)31)32-23-13-11-21-29(32)35-37-33(26-16-6-2-7-17-26)36-34(38-35)27-18-8-3-9-19-27/h1-24H. The zero-order valence-corrected chi connectivity index (χ0v) is 21.1. The van der Waals surface area contributed by atoms with Crippen molar-refractivity contribution in [3.63, 3.8) is 0 Å². The molecule has 0 atom stereocenters. The number of fused-ring (bicyclic) bond motifs is 1. The number of hydrogen-bond acceptors (Lipinski definition) is 3. The fourth-order valence-electron chi connectivity index (χ4n) is 5.03. The fourth-order valence-corrected chi connectivity index (χ4v) is 5.03. The summed E-state index contributed by atoms with van der Waals surface area (Å²) in [6, 6.07) is 47.5. The Morgan fingerprint density at radius 2 is 0.872 bits per heavy atom. The van der Waals surface area contributed by atoms with Gasteiger partial charge in [-0.2, -0.15) is 0 Å². The summed E-state index contributed by atoms with van der Waals surface area (Å²) < 4.78 is 2.25. The van der Waals surface area contributed by atoms with Crippen molar-refractivity contribution in [2.75, 3.05) is 0 Å². The zero-order chi connectivity index (χ0) is 26.0. The lowest BCUT2D eigenvalue weighted by Gasteiger charge is -2.13. The van der Waals surface area contributed by atoms with E-state index in [4.69, 9.17) is 15.0 Å². The van der Waals surface area contributed by atoms with E-state index in [0.717, 1.165) is 27.9 Å². The maximum atomic E-state index is 5.00. The van der Waals surface area contributed by atoms with Crippen LogP contribution in [-0.2, 0) is 0 Å². The van der Waals surface area contributed by atoms with E-state index in [1.165, 1.54) is 16.5 Å². The van der Waals surface area contributed by atoms with Crippen LogP contribution in [0, 0.1) is 0 Å². The number of aromatic nitrogens is 4. The van der Waals surface area contributed by atoms with E-state index in [9.17, 15) is 0 Å². The van der Waals surface area contributed by atoms with Gasteiger partial charge in [-0.25, -0.2) is 15.0 Å². The highest BCUT2D eigenvalue weighted by Crippen LogP contribution is 2.35. The molecular weight excluding hydrogens is 476 g/mol. The average Bonchev–Trinajstić information content (AvgIpc) is 3.42. The molecule has 0 aliphatic rings. The Kier molecular flexibility index (Phi) is 5.76. The van der Waals surface area contributed by atoms with Gasteiger partial charge in [0.25, 0.3) is 0 Å². The van der Waals surface area contributed by atoms with Crippen LogP contribution in [0.1, 0.15) is 0 Å². The van der Waals surface area contributed by atoms with Gasteiger partial charge in [-0.15, -0.1) is 0 Å². The first-order chi connectivity index (χ1) is 19.3. The second-order valence-corrected chi connectivity index (χ2v) is 9.35. The highest BCUT2D eigenvalue weighted by Gasteiger charge is 2.18. The Morgan fingerprint density at radius 3 is 1.51 bits per heavy atom. The molecule has 2 heterocycles. The van der Waals surface area contributed by atoms with Crippen molar-refractivity contribution in [2.24, 2.45) is 0 Å². The van der Waals surface area contributed by atoms with Gasteiger partial charge in [-0.05, 0) is 23.8 Å². The minimum absolute atomic E-state index is 0.636. The minimum atomic E-state index is 0.636. The molecule has 7 aromatic rings. The molecule has 0 saturated carbocycles. The number of nitrogens with zero attached hydrogens (tertiary/aromatic N) is 4. The highest BCUT2D eigenvalue weighted by molar-refractivity contribution is 5.97. The van der Waals surface area contributed by atoms with Crippen LogP contribution in [0.25, 0.3) is 61.9 Å². The molecule has 0 unspecified atom stereocenters. The van der Waals surface area contributed by atoms with Gasteiger partial charge < -0.3 is 4.57 Å². The number of rotatable bonds is 5. The number of para-hydroxylation sites is 2. The first kappa shape index (κ1) is 22.8. The lowest BCUT2D eigenvalue weighted by Crippen LogP contribution is -2.03. The van der Waals surface area contributed by atoms with Crippen molar-refractivity contribution >= 4 is 10.9 Å². The topological polar surface area (TPSA) is 43.6 Å². The molecule has 184 valence electrons. The molecule has 0 fully saturated rings. The van der Waals surface area contributed by atoms with Gasteiger partial charge in [0.05, 0.1) is 11.2 Å². The van der Waals surface area contributed by atoms with Crippen LogP contribution < -0.4 is 0 Å². The van der Waals surface area contributed by atoms with E-state index in [0.29, 0.717) is 17.5 Å². The zero-order valence-electron chi connectivity index (χ0n) is 21.1. The molecule has 0 bridgehead atoms. The molecule has 4 heteroatoms. The summed E-state index contributed by atoms with van der Waals surface area (Å²) in [4.78, 5) is 14.9. The van der Waals surface area contributed by atoms with Crippen molar-refractivity contribution < 1.29 is 0 Å². The van der Waals surface area contributed by atoms with E-state index in [1.807, 2.05) is 72.8 Å². The Bertz CT molecular complexity index is 1830. The summed E-state index contributed by atoms with van der Waals surface area (Å²) >= 11 is 0. The Balaban J connectivity index is 1.46. The molecule has 0 aliphatic carbocycles. The van der Waals surface area contributed by atoms with E-state index < -0.39 is 0 Å². The lowest BCUT2D eigenvalue weighted by atomic mass is 10.1. The fraction of sp³-hybridized carbons (Fsp3) is 0. The van der Waals surface area contributed by atoms with Crippen LogP contribution in [0.3, 0.4) is 0 Å². The van der Waals surface area contributed by atoms with Gasteiger partial charge in [0.15, 0.2) is 17.5 Å². The number of benzene rings is 5. The van der Waals surface area contributed by atoms with E-state index in [1.54, 1.807) is 0 Å². The first-order valence-electron chi connectivity index (χ1n) is 13.0. The quantitative estimate of drug-likeness (QED) is 0.238.